The molecule has 1 spiro atoms. The van der Waals surface area contributed by atoms with Crippen molar-refractivity contribution < 1.29 is 17.9 Å². The molecule has 2 unspecified atom stereocenters. The summed E-state index contributed by atoms with van der Waals surface area (Å²) in [5, 5.41) is 6.10. The molecule has 2 fully saturated rings. The standard InChI is InChI=1S/C16H28F3N3O.HI/c1-3-23-13-11-12(15(13)7-5-4-6-8-15)22-14(20-2)21-10-9-16(17,18)19;/h12-13H,3-11H2,1-2H3,(H2,20,21,22);1H. The number of guanidine groups is 1. The second-order valence-corrected chi connectivity index (χ2v) is 6.53. The first kappa shape index (κ1) is 21.8. The highest BCUT2D eigenvalue weighted by atomic mass is 127. The Hall–Kier alpha value is -0.250. The first-order valence-electron chi connectivity index (χ1n) is 8.57. The molecule has 24 heavy (non-hydrogen) atoms. The molecule has 2 saturated carbocycles. The average Bonchev–Trinajstić information content (AvgIpc) is 2.52. The number of alkyl halides is 3. The molecule has 2 aliphatic carbocycles. The maximum atomic E-state index is 12.3. The van der Waals surface area contributed by atoms with Crippen LogP contribution >= 0.6 is 24.0 Å². The van der Waals surface area contributed by atoms with E-state index in [9.17, 15) is 13.2 Å². The van der Waals surface area contributed by atoms with E-state index in [4.69, 9.17) is 4.74 Å². The highest BCUT2D eigenvalue weighted by Crippen LogP contribution is 2.53. The van der Waals surface area contributed by atoms with Gasteiger partial charge in [0, 0.05) is 31.7 Å². The Labute approximate surface area is 159 Å². The van der Waals surface area contributed by atoms with Crippen molar-refractivity contribution in [3.8, 4) is 0 Å². The predicted octanol–water partition coefficient (Wildman–Crippen LogP) is 3.85. The number of halogens is 4. The summed E-state index contributed by atoms with van der Waals surface area (Å²) in [5.41, 5.74) is 0.121. The lowest BCUT2D eigenvalue weighted by Crippen LogP contribution is -2.66. The van der Waals surface area contributed by atoms with Gasteiger partial charge in [-0.15, -0.1) is 24.0 Å². The van der Waals surface area contributed by atoms with Crippen LogP contribution < -0.4 is 10.6 Å². The van der Waals surface area contributed by atoms with Gasteiger partial charge in [0.2, 0.25) is 0 Å². The number of rotatable bonds is 5. The summed E-state index contributed by atoms with van der Waals surface area (Å²) in [6, 6.07) is 0.233. The van der Waals surface area contributed by atoms with Crippen molar-refractivity contribution in [2.45, 2.75) is 70.2 Å². The smallest absolute Gasteiger partial charge is 0.378 e. The first-order chi connectivity index (χ1) is 10.9. The topological polar surface area (TPSA) is 45.6 Å². The van der Waals surface area contributed by atoms with Gasteiger partial charge in [0.25, 0.3) is 0 Å². The number of hydrogen-bond donors (Lipinski definition) is 2. The highest BCUT2D eigenvalue weighted by molar-refractivity contribution is 14.0. The fraction of sp³-hybridized carbons (Fsp3) is 0.938. The van der Waals surface area contributed by atoms with Gasteiger partial charge < -0.3 is 15.4 Å². The van der Waals surface area contributed by atoms with E-state index in [2.05, 4.69) is 15.6 Å². The lowest BCUT2D eigenvalue weighted by Gasteiger charge is -2.57. The molecule has 0 bridgehead atoms. The lowest BCUT2D eigenvalue weighted by molar-refractivity contribution is -0.145. The molecule has 0 heterocycles. The minimum Gasteiger partial charge on any atom is -0.378 e. The zero-order valence-electron chi connectivity index (χ0n) is 14.4. The maximum absolute atomic E-state index is 12.3. The molecule has 2 N–H and O–H groups in total. The van der Waals surface area contributed by atoms with E-state index in [-0.39, 0.29) is 48.1 Å². The van der Waals surface area contributed by atoms with E-state index in [0.717, 1.165) is 19.3 Å². The minimum atomic E-state index is -4.15. The van der Waals surface area contributed by atoms with Crippen LogP contribution in [0.4, 0.5) is 13.2 Å². The Balaban J connectivity index is 0.00000288. The van der Waals surface area contributed by atoms with E-state index in [1.165, 1.54) is 19.3 Å². The van der Waals surface area contributed by atoms with Crippen LogP contribution in [0.3, 0.4) is 0 Å². The van der Waals surface area contributed by atoms with Crippen molar-refractivity contribution >= 4 is 29.9 Å². The summed E-state index contributed by atoms with van der Waals surface area (Å²) >= 11 is 0. The van der Waals surface area contributed by atoms with Crippen LogP contribution in [0, 0.1) is 5.41 Å². The molecule has 2 rings (SSSR count). The molecule has 0 saturated heterocycles. The summed E-state index contributed by atoms with van der Waals surface area (Å²) in [6.07, 6.45) is 2.05. The third-order valence-electron chi connectivity index (χ3n) is 5.17. The molecule has 142 valence electrons. The molecule has 4 nitrogen and oxygen atoms in total. The maximum Gasteiger partial charge on any atom is 0.390 e. The number of aliphatic imine (C=N–C) groups is 1. The van der Waals surface area contributed by atoms with Crippen LogP contribution in [0.2, 0.25) is 0 Å². The van der Waals surface area contributed by atoms with E-state index in [1.807, 2.05) is 6.92 Å². The van der Waals surface area contributed by atoms with E-state index in [0.29, 0.717) is 12.6 Å². The molecule has 0 amide bonds. The van der Waals surface area contributed by atoms with Crippen LogP contribution in [0.15, 0.2) is 4.99 Å². The lowest BCUT2D eigenvalue weighted by atomic mass is 9.55. The SMILES string of the molecule is CCOC1CC(NC(=NC)NCCC(F)(F)F)C12CCCCC2.I. The van der Waals surface area contributed by atoms with Crippen molar-refractivity contribution in [2.75, 3.05) is 20.2 Å². The third kappa shape index (κ3) is 5.37. The van der Waals surface area contributed by atoms with Crippen molar-refractivity contribution in [3.05, 3.63) is 0 Å². The van der Waals surface area contributed by atoms with E-state index >= 15 is 0 Å². The van der Waals surface area contributed by atoms with Gasteiger partial charge in [0.1, 0.15) is 0 Å². The summed E-state index contributed by atoms with van der Waals surface area (Å²) in [7, 11) is 1.59. The normalized spacial score (nSPS) is 26.5. The first-order valence-corrected chi connectivity index (χ1v) is 8.57. The van der Waals surface area contributed by atoms with Crippen LogP contribution in [0.1, 0.15) is 51.9 Å². The van der Waals surface area contributed by atoms with E-state index in [1.54, 1.807) is 7.05 Å². The van der Waals surface area contributed by atoms with Crippen molar-refractivity contribution in [3.63, 3.8) is 0 Å². The third-order valence-corrected chi connectivity index (χ3v) is 5.17. The fourth-order valence-electron chi connectivity index (χ4n) is 3.95. The summed E-state index contributed by atoms with van der Waals surface area (Å²) in [5.74, 6) is 0.458. The van der Waals surface area contributed by atoms with Gasteiger partial charge in [-0.2, -0.15) is 13.2 Å². The number of hydrogen-bond acceptors (Lipinski definition) is 2. The molecular formula is C16H29F3IN3O. The fourth-order valence-corrected chi connectivity index (χ4v) is 3.95. The largest absolute Gasteiger partial charge is 0.390 e. The number of ether oxygens (including phenoxy) is 1. The van der Waals surface area contributed by atoms with Gasteiger partial charge >= 0.3 is 6.18 Å². The zero-order chi connectivity index (χ0) is 16.9. The average molecular weight is 463 g/mol. The molecule has 2 atom stereocenters. The quantitative estimate of drug-likeness (QED) is 0.370. The summed E-state index contributed by atoms with van der Waals surface area (Å²) in [6.45, 7) is 2.56. The van der Waals surface area contributed by atoms with Crippen molar-refractivity contribution in [1.29, 1.82) is 0 Å². The van der Waals surface area contributed by atoms with Gasteiger partial charge in [0.05, 0.1) is 12.5 Å². The van der Waals surface area contributed by atoms with Gasteiger partial charge in [0.15, 0.2) is 5.96 Å². The predicted molar refractivity (Wildman–Crippen MR) is 99.9 cm³/mol. The molecular weight excluding hydrogens is 434 g/mol. The van der Waals surface area contributed by atoms with Crippen LogP contribution in [0.25, 0.3) is 0 Å². The van der Waals surface area contributed by atoms with Gasteiger partial charge in [-0.1, -0.05) is 19.3 Å². The summed E-state index contributed by atoms with van der Waals surface area (Å²) in [4.78, 5) is 4.06. The molecule has 2 aliphatic rings. The van der Waals surface area contributed by atoms with E-state index < -0.39 is 12.6 Å². The molecule has 0 aromatic heterocycles. The number of nitrogens with zero attached hydrogens (tertiary/aromatic N) is 1. The van der Waals surface area contributed by atoms with Crippen LogP contribution in [0.5, 0.6) is 0 Å². The molecule has 8 heteroatoms. The minimum absolute atomic E-state index is 0. The molecule has 0 radical (unpaired) electrons. The molecule has 0 aromatic rings. The highest BCUT2D eigenvalue weighted by Gasteiger charge is 2.55. The molecule has 0 aromatic carbocycles. The van der Waals surface area contributed by atoms with Crippen molar-refractivity contribution in [1.82, 2.24) is 10.6 Å². The zero-order valence-corrected chi connectivity index (χ0v) is 16.7. The Bertz CT molecular complexity index is 412. The second kappa shape index (κ2) is 9.45. The second-order valence-electron chi connectivity index (χ2n) is 6.53. The monoisotopic (exact) mass is 463 g/mol. The Kier molecular flexibility index (Phi) is 8.58. The van der Waals surface area contributed by atoms with Gasteiger partial charge in [-0.25, -0.2) is 0 Å². The Morgan fingerprint density at radius 3 is 2.46 bits per heavy atom. The van der Waals surface area contributed by atoms with Crippen molar-refractivity contribution in [2.24, 2.45) is 10.4 Å². The van der Waals surface area contributed by atoms with Gasteiger partial charge in [-0.05, 0) is 26.2 Å². The van der Waals surface area contributed by atoms with Crippen LogP contribution in [-0.2, 0) is 4.74 Å². The van der Waals surface area contributed by atoms with Crippen LogP contribution in [-0.4, -0.2) is 44.5 Å². The Morgan fingerprint density at radius 2 is 1.92 bits per heavy atom. The van der Waals surface area contributed by atoms with Gasteiger partial charge in [-0.3, -0.25) is 4.99 Å². The Morgan fingerprint density at radius 1 is 1.25 bits per heavy atom. The number of nitrogens with one attached hydrogen (secondary N) is 2. The molecule has 0 aliphatic heterocycles. The summed E-state index contributed by atoms with van der Waals surface area (Å²) < 4.78 is 42.7.